The first kappa shape index (κ1) is 10.4. The highest BCUT2D eigenvalue weighted by molar-refractivity contribution is 6.32. The summed E-state index contributed by atoms with van der Waals surface area (Å²) >= 11 is 11.7. The summed E-state index contributed by atoms with van der Waals surface area (Å²) in [5.74, 6) is 0. The summed E-state index contributed by atoms with van der Waals surface area (Å²) in [5.41, 5.74) is 2.63. The number of hydrogen-bond acceptors (Lipinski definition) is 3. The summed E-state index contributed by atoms with van der Waals surface area (Å²) in [6.45, 7) is 3.88. The number of aryl methyl sites for hydroxylation is 1. The van der Waals surface area contributed by atoms with E-state index in [1.807, 2.05) is 18.4 Å². The van der Waals surface area contributed by atoms with Gasteiger partial charge in [0.1, 0.15) is 0 Å². The normalized spacial score (nSPS) is 10.7. The predicted molar refractivity (Wildman–Crippen MR) is 58.6 cm³/mol. The van der Waals surface area contributed by atoms with E-state index in [-0.39, 0.29) is 0 Å². The number of nitrogens with zero attached hydrogens (tertiary/aromatic N) is 4. The number of hydrogen-bond donors (Lipinski definition) is 0. The molecule has 4 nitrogen and oxygen atoms in total. The lowest BCUT2D eigenvalue weighted by Crippen LogP contribution is -1.99. The molecule has 0 saturated carbocycles. The van der Waals surface area contributed by atoms with E-state index in [0.29, 0.717) is 16.0 Å². The van der Waals surface area contributed by atoms with E-state index in [1.54, 1.807) is 12.4 Å². The molecule has 0 amide bonds. The minimum absolute atomic E-state index is 0.305. The SMILES string of the molecule is Cc1ncn(-c2cc(Cl)nnc2Cl)c1C. The van der Waals surface area contributed by atoms with Crippen LogP contribution in [-0.2, 0) is 0 Å². The van der Waals surface area contributed by atoms with Gasteiger partial charge in [-0.15, -0.1) is 10.2 Å². The van der Waals surface area contributed by atoms with Crippen molar-refractivity contribution in [2.24, 2.45) is 0 Å². The molecule has 0 aliphatic heterocycles. The Morgan fingerprint density at radius 3 is 2.53 bits per heavy atom. The summed E-state index contributed by atoms with van der Waals surface area (Å²) in [4.78, 5) is 4.18. The Morgan fingerprint density at radius 2 is 1.93 bits per heavy atom. The number of aromatic nitrogens is 4. The number of rotatable bonds is 1. The van der Waals surface area contributed by atoms with Crippen molar-refractivity contribution in [2.45, 2.75) is 13.8 Å². The molecular weight excluding hydrogens is 235 g/mol. The molecule has 78 valence electrons. The average Bonchev–Trinajstić information content (AvgIpc) is 2.52. The van der Waals surface area contributed by atoms with E-state index in [0.717, 1.165) is 11.4 Å². The van der Waals surface area contributed by atoms with Crippen LogP contribution in [0.15, 0.2) is 12.4 Å². The average molecular weight is 243 g/mol. The molecule has 0 aromatic carbocycles. The van der Waals surface area contributed by atoms with Crippen molar-refractivity contribution in [1.82, 2.24) is 19.7 Å². The summed E-state index contributed by atoms with van der Waals surface area (Å²) in [5, 5.41) is 8.00. The third-order valence-electron chi connectivity index (χ3n) is 2.21. The van der Waals surface area contributed by atoms with Crippen LogP contribution in [0.4, 0.5) is 0 Å². The van der Waals surface area contributed by atoms with Crippen molar-refractivity contribution in [3.8, 4) is 5.69 Å². The van der Waals surface area contributed by atoms with Gasteiger partial charge >= 0.3 is 0 Å². The molecule has 0 bridgehead atoms. The molecule has 0 radical (unpaired) electrons. The Hall–Kier alpha value is -1.13. The first-order chi connectivity index (χ1) is 7.09. The zero-order valence-electron chi connectivity index (χ0n) is 8.20. The first-order valence-electron chi connectivity index (χ1n) is 4.29. The van der Waals surface area contributed by atoms with Gasteiger partial charge in [-0.1, -0.05) is 23.2 Å². The van der Waals surface area contributed by atoms with Crippen molar-refractivity contribution >= 4 is 23.2 Å². The van der Waals surface area contributed by atoms with Crippen LogP contribution in [0.2, 0.25) is 10.3 Å². The zero-order chi connectivity index (χ0) is 11.0. The van der Waals surface area contributed by atoms with Gasteiger partial charge < -0.3 is 4.57 Å². The predicted octanol–water partition coefficient (Wildman–Crippen LogP) is 2.59. The van der Waals surface area contributed by atoms with Crippen LogP contribution in [0.3, 0.4) is 0 Å². The second-order valence-corrected chi connectivity index (χ2v) is 3.87. The third-order valence-corrected chi connectivity index (χ3v) is 2.67. The minimum atomic E-state index is 0.305. The van der Waals surface area contributed by atoms with Crippen LogP contribution in [-0.4, -0.2) is 19.7 Å². The van der Waals surface area contributed by atoms with Gasteiger partial charge in [0, 0.05) is 11.8 Å². The molecule has 0 saturated heterocycles. The molecule has 0 unspecified atom stereocenters. The van der Waals surface area contributed by atoms with Crippen molar-refractivity contribution < 1.29 is 0 Å². The molecule has 2 aromatic heterocycles. The molecule has 2 aromatic rings. The molecule has 0 spiro atoms. The van der Waals surface area contributed by atoms with Gasteiger partial charge in [0.05, 0.1) is 17.7 Å². The zero-order valence-corrected chi connectivity index (χ0v) is 9.71. The Morgan fingerprint density at radius 1 is 1.20 bits per heavy atom. The van der Waals surface area contributed by atoms with Crippen molar-refractivity contribution in [2.75, 3.05) is 0 Å². The maximum atomic E-state index is 5.93. The quantitative estimate of drug-likeness (QED) is 0.773. The maximum absolute atomic E-state index is 5.93. The minimum Gasteiger partial charge on any atom is -0.300 e. The highest BCUT2D eigenvalue weighted by Crippen LogP contribution is 2.22. The van der Waals surface area contributed by atoms with Crippen LogP contribution in [0.1, 0.15) is 11.4 Å². The Balaban J connectivity index is 2.63. The maximum Gasteiger partial charge on any atom is 0.175 e. The van der Waals surface area contributed by atoms with E-state index >= 15 is 0 Å². The summed E-state index contributed by atoms with van der Waals surface area (Å²) < 4.78 is 1.83. The van der Waals surface area contributed by atoms with Crippen molar-refractivity contribution in [1.29, 1.82) is 0 Å². The van der Waals surface area contributed by atoms with Crippen LogP contribution < -0.4 is 0 Å². The lowest BCUT2D eigenvalue weighted by Gasteiger charge is -2.06. The fourth-order valence-electron chi connectivity index (χ4n) is 1.25. The molecule has 0 N–H and O–H groups in total. The van der Waals surface area contributed by atoms with Gasteiger partial charge in [-0.05, 0) is 13.8 Å². The Labute approximate surface area is 96.9 Å². The number of imidazole rings is 1. The molecule has 2 heterocycles. The van der Waals surface area contributed by atoms with E-state index in [1.165, 1.54) is 0 Å². The molecule has 0 atom stereocenters. The van der Waals surface area contributed by atoms with E-state index < -0.39 is 0 Å². The van der Waals surface area contributed by atoms with Crippen LogP contribution >= 0.6 is 23.2 Å². The lowest BCUT2D eigenvalue weighted by molar-refractivity contribution is 0.946. The van der Waals surface area contributed by atoms with E-state index in [4.69, 9.17) is 23.2 Å². The molecule has 2 rings (SSSR count). The standard InChI is InChI=1S/C9H8Cl2N4/c1-5-6(2)15(4-12-5)7-3-8(10)13-14-9(7)11/h3-4H,1-2H3. The molecule has 6 heteroatoms. The molecule has 0 aliphatic carbocycles. The van der Waals surface area contributed by atoms with Crippen LogP contribution in [0.25, 0.3) is 5.69 Å². The largest absolute Gasteiger partial charge is 0.300 e. The topological polar surface area (TPSA) is 43.6 Å². The Kier molecular flexibility index (Phi) is 2.63. The van der Waals surface area contributed by atoms with E-state index in [2.05, 4.69) is 15.2 Å². The molecule has 0 fully saturated rings. The monoisotopic (exact) mass is 242 g/mol. The van der Waals surface area contributed by atoms with Gasteiger partial charge in [0.15, 0.2) is 10.3 Å². The van der Waals surface area contributed by atoms with Gasteiger partial charge in [-0.25, -0.2) is 4.98 Å². The summed E-state index contributed by atoms with van der Waals surface area (Å²) in [6.07, 6.45) is 1.68. The van der Waals surface area contributed by atoms with Crippen LogP contribution in [0.5, 0.6) is 0 Å². The smallest absolute Gasteiger partial charge is 0.175 e. The lowest BCUT2D eigenvalue weighted by atomic mass is 10.3. The van der Waals surface area contributed by atoms with Crippen molar-refractivity contribution in [3.63, 3.8) is 0 Å². The first-order valence-corrected chi connectivity index (χ1v) is 5.05. The number of halogens is 2. The second-order valence-electron chi connectivity index (χ2n) is 3.13. The van der Waals surface area contributed by atoms with Gasteiger partial charge in [0.25, 0.3) is 0 Å². The highest BCUT2D eigenvalue weighted by atomic mass is 35.5. The molecular formula is C9H8Cl2N4. The van der Waals surface area contributed by atoms with Crippen LogP contribution in [0, 0.1) is 13.8 Å². The van der Waals surface area contributed by atoms with Crippen molar-refractivity contribution in [3.05, 3.63) is 34.1 Å². The van der Waals surface area contributed by atoms with E-state index in [9.17, 15) is 0 Å². The second kappa shape index (κ2) is 3.79. The third kappa shape index (κ3) is 1.82. The highest BCUT2D eigenvalue weighted by Gasteiger charge is 2.10. The van der Waals surface area contributed by atoms with Gasteiger partial charge in [-0.3, -0.25) is 0 Å². The van der Waals surface area contributed by atoms with Gasteiger partial charge in [-0.2, -0.15) is 0 Å². The fourth-order valence-corrected chi connectivity index (χ4v) is 1.58. The molecule has 0 aliphatic rings. The summed E-state index contributed by atoms with van der Waals surface area (Å²) in [7, 11) is 0. The molecule has 15 heavy (non-hydrogen) atoms. The summed E-state index contributed by atoms with van der Waals surface area (Å²) in [6, 6.07) is 1.66. The van der Waals surface area contributed by atoms with Gasteiger partial charge in [0.2, 0.25) is 0 Å². The fraction of sp³-hybridized carbons (Fsp3) is 0.222. The Bertz CT molecular complexity index is 507.